The molecule has 18 heavy (non-hydrogen) atoms. The van der Waals surface area contributed by atoms with Crippen LogP contribution < -0.4 is 0 Å². The highest BCUT2D eigenvalue weighted by atomic mass is 14.6. The summed E-state index contributed by atoms with van der Waals surface area (Å²) >= 11 is 0. The van der Waals surface area contributed by atoms with Gasteiger partial charge in [-0.05, 0) is 24.3 Å². The highest BCUT2D eigenvalue weighted by Gasteiger charge is 1.59. The van der Waals surface area contributed by atoms with Crippen LogP contribution in [-0.4, -0.2) is 9.97 Å². The van der Waals surface area contributed by atoms with E-state index >= 15 is 0 Å². The molecule has 0 N–H and O–H groups in total. The summed E-state index contributed by atoms with van der Waals surface area (Å²) < 4.78 is 0. The van der Waals surface area contributed by atoms with Gasteiger partial charge in [0.1, 0.15) is 0 Å². The summed E-state index contributed by atoms with van der Waals surface area (Å²) in [7, 11) is 0. The Kier molecular flexibility index (Phi) is 8.32. The van der Waals surface area contributed by atoms with Crippen LogP contribution in [-0.2, 0) is 0 Å². The van der Waals surface area contributed by atoms with Crippen molar-refractivity contribution in [2.45, 2.75) is 0 Å². The number of rotatable bonds is 0. The molecule has 0 unspecified atom stereocenters. The minimum atomic E-state index is 1.74. The molecular formula is C16H16N2. The van der Waals surface area contributed by atoms with Crippen molar-refractivity contribution < 1.29 is 0 Å². The molecule has 0 aliphatic carbocycles. The van der Waals surface area contributed by atoms with Crippen molar-refractivity contribution in [3.8, 4) is 0 Å². The zero-order valence-corrected chi connectivity index (χ0v) is 10.1. The van der Waals surface area contributed by atoms with Gasteiger partial charge in [-0.2, -0.15) is 0 Å². The van der Waals surface area contributed by atoms with E-state index in [2.05, 4.69) is 9.97 Å². The van der Waals surface area contributed by atoms with Gasteiger partial charge in [0, 0.05) is 24.8 Å². The third-order valence-corrected chi connectivity index (χ3v) is 1.80. The summed E-state index contributed by atoms with van der Waals surface area (Å²) in [6.07, 6.45) is 6.95. The minimum absolute atomic E-state index is 1.74. The molecular weight excluding hydrogens is 220 g/mol. The summed E-state index contributed by atoms with van der Waals surface area (Å²) in [4.78, 5) is 8.16. The van der Waals surface area contributed by atoms with E-state index in [0.717, 1.165) is 0 Å². The SMILES string of the molecule is c1ccccnccccccccnccc1. The predicted octanol–water partition coefficient (Wildman–Crippen LogP) is 3.85. The Labute approximate surface area is 108 Å². The fourth-order valence-electron chi connectivity index (χ4n) is 1.01. The van der Waals surface area contributed by atoms with Crippen molar-refractivity contribution in [3.05, 3.63) is 97.6 Å². The third-order valence-electron chi connectivity index (χ3n) is 1.80. The topological polar surface area (TPSA) is 25.8 Å². The van der Waals surface area contributed by atoms with Gasteiger partial charge in [0.05, 0.1) is 0 Å². The van der Waals surface area contributed by atoms with Crippen LogP contribution in [0.3, 0.4) is 0 Å². The molecule has 0 amide bonds. The van der Waals surface area contributed by atoms with E-state index in [1.165, 1.54) is 0 Å². The minimum Gasteiger partial charge on any atom is -0.265 e. The van der Waals surface area contributed by atoms with Crippen LogP contribution in [0.2, 0.25) is 0 Å². The van der Waals surface area contributed by atoms with E-state index in [0.29, 0.717) is 0 Å². The van der Waals surface area contributed by atoms with Gasteiger partial charge in [-0.25, -0.2) is 0 Å². The molecule has 0 radical (unpaired) electrons. The molecule has 0 saturated heterocycles. The molecule has 0 aliphatic rings. The lowest BCUT2D eigenvalue weighted by molar-refractivity contribution is 1.35. The van der Waals surface area contributed by atoms with Gasteiger partial charge in [0.25, 0.3) is 0 Å². The average Bonchev–Trinajstić information content (AvgIpc) is 2.39. The van der Waals surface area contributed by atoms with Crippen LogP contribution >= 0.6 is 0 Å². The first-order valence-corrected chi connectivity index (χ1v) is 5.70. The largest absolute Gasteiger partial charge is 0.265 e. The monoisotopic (exact) mass is 236 g/mol. The second-order valence-electron chi connectivity index (χ2n) is 3.20. The van der Waals surface area contributed by atoms with Gasteiger partial charge < -0.3 is 0 Å². The lowest BCUT2D eigenvalue weighted by Gasteiger charge is -1.70. The Balaban J connectivity index is 3.00. The van der Waals surface area contributed by atoms with Gasteiger partial charge in [0.15, 0.2) is 0 Å². The van der Waals surface area contributed by atoms with Gasteiger partial charge in [-0.15, -0.1) is 0 Å². The molecule has 2 nitrogen and oxygen atoms in total. The maximum absolute atomic E-state index is 4.08. The smallest absolute Gasteiger partial charge is 0.0267 e. The van der Waals surface area contributed by atoms with Crippen LogP contribution in [0.1, 0.15) is 0 Å². The molecule has 2 heteroatoms. The van der Waals surface area contributed by atoms with E-state index < -0.39 is 0 Å². The summed E-state index contributed by atoms with van der Waals surface area (Å²) in [5.41, 5.74) is 0. The molecule has 0 aliphatic heterocycles. The fraction of sp³-hybridized carbons (Fsp3) is 0. The van der Waals surface area contributed by atoms with Gasteiger partial charge >= 0.3 is 0 Å². The van der Waals surface area contributed by atoms with Crippen LogP contribution in [0.5, 0.6) is 0 Å². The first-order valence-electron chi connectivity index (χ1n) is 5.70. The molecule has 0 spiro atoms. The number of aromatic nitrogens is 2. The first kappa shape index (κ1) is 13.6. The van der Waals surface area contributed by atoms with Crippen LogP contribution in [0, 0.1) is 0 Å². The second-order valence-corrected chi connectivity index (χ2v) is 3.20. The van der Waals surface area contributed by atoms with Crippen LogP contribution in [0.15, 0.2) is 97.6 Å². The summed E-state index contributed by atoms with van der Waals surface area (Å²) in [6.45, 7) is 0. The van der Waals surface area contributed by atoms with Gasteiger partial charge in [-0.1, -0.05) is 48.5 Å². The van der Waals surface area contributed by atoms with Gasteiger partial charge in [0.2, 0.25) is 0 Å². The molecule has 0 aromatic carbocycles. The van der Waals surface area contributed by atoms with E-state index in [1.54, 1.807) is 24.8 Å². The number of hydrogen-bond donors (Lipinski definition) is 0. The third kappa shape index (κ3) is 8.80. The van der Waals surface area contributed by atoms with Crippen LogP contribution in [0.4, 0.5) is 0 Å². The zero-order valence-electron chi connectivity index (χ0n) is 10.1. The Bertz CT molecular complexity index is 300. The Hall–Kier alpha value is -2.48. The lowest BCUT2D eigenvalue weighted by Crippen LogP contribution is -1.56. The molecule has 0 fully saturated rings. The molecule has 0 atom stereocenters. The predicted molar refractivity (Wildman–Crippen MR) is 74.9 cm³/mol. The highest BCUT2D eigenvalue weighted by Crippen LogP contribution is 1.77. The van der Waals surface area contributed by atoms with E-state index in [1.807, 2.05) is 72.8 Å². The van der Waals surface area contributed by atoms with Crippen LogP contribution in [0.25, 0.3) is 0 Å². The van der Waals surface area contributed by atoms with Gasteiger partial charge in [-0.3, -0.25) is 9.97 Å². The van der Waals surface area contributed by atoms with Crippen molar-refractivity contribution >= 4 is 0 Å². The fourth-order valence-corrected chi connectivity index (χ4v) is 1.01. The average molecular weight is 236 g/mol. The molecule has 1 heterocycles. The number of nitrogens with zero attached hydrogens (tertiary/aromatic N) is 2. The summed E-state index contributed by atoms with van der Waals surface area (Å²) in [5, 5.41) is 0. The normalized spacial score (nSPS) is 8.00. The van der Waals surface area contributed by atoms with E-state index in [9.17, 15) is 0 Å². The maximum atomic E-state index is 4.08. The standard InChI is InChI=1S/C16H16N2/c1-2-6-10-14-18-16-12-8-4-3-7-11-15-17-13-9-5-1/h1-16H. The summed E-state index contributed by atoms with van der Waals surface area (Å²) in [5.74, 6) is 0. The highest BCUT2D eigenvalue weighted by molar-refractivity contribution is 4.94. The molecule has 1 aromatic heterocycles. The molecule has 0 saturated carbocycles. The van der Waals surface area contributed by atoms with Crippen molar-refractivity contribution in [1.29, 1.82) is 0 Å². The molecule has 0 bridgehead atoms. The maximum Gasteiger partial charge on any atom is 0.0267 e. The molecule has 1 aromatic rings. The molecule has 1 rings (SSSR count). The Morgan fingerprint density at radius 1 is 0.278 bits per heavy atom. The Morgan fingerprint density at radius 2 is 0.500 bits per heavy atom. The summed E-state index contributed by atoms with van der Waals surface area (Å²) in [6, 6.07) is 22.9. The van der Waals surface area contributed by atoms with Crippen molar-refractivity contribution in [1.82, 2.24) is 9.97 Å². The van der Waals surface area contributed by atoms with E-state index in [4.69, 9.17) is 0 Å². The quantitative estimate of drug-likeness (QED) is 0.683. The number of hydrogen-bond acceptors (Lipinski definition) is 2. The van der Waals surface area contributed by atoms with E-state index in [-0.39, 0.29) is 0 Å². The van der Waals surface area contributed by atoms with Crippen molar-refractivity contribution in [2.24, 2.45) is 0 Å². The first-order chi connectivity index (χ1) is 9.00. The Morgan fingerprint density at radius 3 is 0.778 bits per heavy atom. The molecule has 90 valence electrons. The second kappa shape index (κ2) is 11.0. The van der Waals surface area contributed by atoms with Crippen molar-refractivity contribution in [2.75, 3.05) is 0 Å². The lowest BCUT2D eigenvalue weighted by atomic mass is 10.5. The van der Waals surface area contributed by atoms with Crippen molar-refractivity contribution in [3.63, 3.8) is 0 Å². The zero-order chi connectivity index (χ0) is 12.7.